The average Bonchev–Trinajstić information content (AvgIpc) is 3.04. The smallest absolute Gasteiger partial charge is 0.0534 e. The first-order valence-electron chi connectivity index (χ1n) is 9.26. The van der Waals surface area contributed by atoms with Gasteiger partial charge in [0.05, 0.1) is 6.20 Å². The summed E-state index contributed by atoms with van der Waals surface area (Å²) in [6.07, 6.45) is 9.16. The van der Waals surface area contributed by atoms with Crippen LogP contribution in [0.4, 0.5) is 0 Å². The Balaban J connectivity index is 1.51. The van der Waals surface area contributed by atoms with Crippen LogP contribution in [0, 0.1) is 5.92 Å². The zero-order chi connectivity index (χ0) is 16.2. The summed E-state index contributed by atoms with van der Waals surface area (Å²) in [6.45, 7) is 10.4. The molecule has 3 rings (SSSR count). The lowest BCUT2D eigenvalue weighted by molar-refractivity contribution is 0.0544. The summed E-state index contributed by atoms with van der Waals surface area (Å²) in [7, 11) is 0. The zero-order valence-corrected chi connectivity index (χ0v) is 14.7. The first-order valence-corrected chi connectivity index (χ1v) is 9.26. The first kappa shape index (κ1) is 16.9. The molecule has 1 N–H and O–H groups in total. The fraction of sp³-hybridized carbons (Fsp3) is 0.833. The van der Waals surface area contributed by atoms with Gasteiger partial charge in [-0.2, -0.15) is 5.10 Å². The van der Waals surface area contributed by atoms with Crippen molar-refractivity contribution in [3.8, 4) is 0 Å². The minimum absolute atomic E-state index is 0.366. The fourth-order valence-electron chi connectivity index (χ4n) is 3.97. The van der Waals surface area contributed by atoms with E-state index in [1.165, 1.54) is 31.5 Å². The largest absolute Gasteiger partial charge is 0.396 e. The Kier molecular flexibility index (Phi) is 5.72. The highest BCUT2D eigenvalue weighted by molar-refractivity contribution is 5.04. The molecule has 0 radical (unpaired) electrons. The molecule has 0 amide bonds. The van der Waals surface area contributed by atoms with Gasteiger partial charge in [0.1, 0.15) is 0 Å². The molecule has 1 aromatic heterocycles. The summed E-state index contributed by atoms with van der Waals surface area (Å²) < 4.78 is 2.05. The summed E-state index contributed by atoms with van der Waals surface area (Å²) in [5, 5.41) is 13.8. The van der Waals surface area contributed by atoms with Crippen LogP contribution >= 0.6 is 0 Å². The van der Waals surface area contributed by atoms with E-state index in [1.807, 2.05) is 6.20 Å². The van der Waals surface area contributed by atoms with E-state index in [2.05, 4.69) is 39.6 Å². The molecule has 2 aliphatic rings. The topological polar surface area (TPSA) is 44.5 Å². The molecule has 23 heavy (non-hydrogen) atoms. The van der Waals surface area contributed by atoms with Crippen LogP contribution in [0.2, 0.25) is 0 Å². The zero-order valence-electron chi connectivity index (χ0n) is 14.7. The number of hydrogen-bond acceptors (Lipinski definition) is 4. The number of hydrogen-bond donors (Lipinski definition) is 1. The van der Waals surface area contributed by atoms with Crippen LogP contribution in [0.5, 0.6) is 0 Å². The van der Waals surface area contributed by atoms with Gasteiger partial charge < -0.3 is 5.11 Å². The van der Waals surface area contributed by atoms with Crippen molar-refractivity contribution in [1.29, 1.82) is 0 Å². The molecule has 2 fully saturated rings. The summed E-state index contributed by atoms with van der Waals surface area (Å²) in [4.78, 5) is 5.25. The third-order valence-electron chi connectivity index (χ3n) is 5.49. The van der Waals surface area contributed by atoms with E-state index in [4.69, 9.17) is 0 Å². The summed E-state index contributed by atoms with van der Waals surface area (Å²) in [5.74, 6) is 0.535. The molecule has 5 heteroatoms. The molecule has 0 spiro atoms. The van der Waals surface area contributed by atoms with E-state index in [-0.39, 0.29) is 0 Å². The molecule has 0 aromatic carbocycles. The Labute approximate surface area is 140 Å². The van der Waals surface area contributed by atoms with Gasteiger partial charge in [-0.05, 0) is 65.1 Å². The van der Waals surface area contributed by atoms with Crippen LogP contribution in [-0.2, 0) is 6.54 Å². The molecule has 1 unspecified atom stereocenters. The molecule has 0 aliphatic carbocycles. The predicted molar refractivity (Wildman–Crippen MR) is 92.3 cm³/mol. The molecule has 0 saturated carbocycles. The second kappa shape index (κ2) is 7.77. The number of piperidine rings is 2. The average molecular weight is 320 g/mol. The van der Waals surface area contributed by atoms with Gasteiger partial charge in [-0.15, -0.1) is 0 Å². The van der Waals surface area contributed by atoms with Crippen molar-refractivity contribution in [1.82, 2.24) is 19.6 Å². The van der Waals surface area contributed by atoms with Gasteiger partial charge >= 0.3 is 0 Å². The Morgan fingerprint density at radius 2 is 2.00 bits per heavy atom. The Hall–Kier alpha value is -0.910. The van der Waals surface area contributed by atoms with Crippen LogP contribution in [0.15, 0.2) is 12.4 Å². The van der Waals surface area contributed by atoms with Gasteiger partial charge in [0.25, 0.3) is 0 Å². The lowest BCUT2D eigenvalue weighted by Gasteiger charge is -2.42. The quantitative estimate of drug-likeness (QED) is 0.903. The lowest BCUT2D eigenvalue weighted by atomic mass is 9.94. The van der Waals surface area contributed by atoms with Crippen molar-refractivity contribution in [3.05, 3.63) is 18.0 Å². The van der Waals surface area contributed by atoms with E-state index in [9.17, 15) is 5.11 Å². The standard InChI is InChI=1S/C18H32N4O/c1-15(2)22-12-17(10-19-22)11-20-7-3-4-18(13-20)21-8-5-16(14-23)6-9-21/h10,12,15-16,18,23H,3-9,11,13-14H2,1-2H3. The van der Waals surface area contributed by atoms with Crippen molar-refractivity contribution >= 4 is 0 Å². The van der Waals surface area contributed by atoms with Gasteiger partial charge in [0.2, 0.25) is 0 Å². The lowest BCUT2D eigenvalue weighted by Crippen LogP contribution is -2.50. The van der Waals surface area contributed by atoms with Gasteiger partial charge in [-0.1, -0.05) is 0 Å². The molecule has 1 atom stereocenters. The maximum atomic E-state index is 9.30. The Morgan fingerprint density at radius 1 is 1.22 bits per heavy atom. The highest BCUT2D eigenvalue weighted by Crippen LogP contribution is 2.24. The normalized spacial score (nSPS) is 25.3. The molecule has 3 heterocycles. The van der Waals surface area contributed by atoms with Gasteiger partial charge in [-0.25, -0.2) is 0 Å². The van der Waals surface area contributed by atoms with Crippen molar-refractivity contribution in [2.45, 2.75) is 58.2 Å². The predicted octanol–water partition coefficient (Wildman–Crippen LogP) is 2.13. The summed E-state index contributed by atoms with van der Waals surface area (Å²) >= 11 is 0. The molecule has 2 saturated heterocycles. The van der Waals surface area contributed by atoms with Crippen molar-refractivity contribution in [2.75, 3.05) is 32.8 Å². The molecule has 1 aromatic rings. The number of aliphatic hydroxyl groups excluding tert-OH is 1. The minimum atomic E-state index is 0.366. The highest BCUT2D eigenvalue weighted by Gasteiger charge is 2.28. The first-order chi connectivity index (χ1) is 11.2. The fourth-order valence-corrected chi connectivity index (χ4v) is 3.97. The highest BCUT2D eigenvalue weighted by atomic mass is 16.3. The minimum Gasteiger partial charge on any atom is -0.396 e. The third kappa shape index (κ3) is 4.34. The molecule has 0 bridgehead atoms. The molecule has 5 nitrogen and oxygen atoms in total. The number of nitrogens with zero attached hydrogens (tertiary/aromatic N) is 4. The molecule has 130 valence electrons. The second-order valence-electron chi connectivity index (χ2n) is 7.62. The maximum Gasteiger partial charge on any atom is 0.0534 e. The Morgan fingerprint density at radius 3 is 2.65 bits per heavy atom. The van der Waals surface area contributed by atoms with Gasteiger partial charge in [0.15, 0.2) is 0 Å². The van der Waals surface area contributed by atoms with Crippen molar-refractivity contribution in [2.24, 2.45) is 5.92 Å². The van der Waals surface area contributed by atoms with Crippen molar-refractivity contribution in [3.63, 3.8) is 0 Å². The van der Waals surface area contributed by atoms with Crippen LogP contribution in [0.3, 0.4) is 0 Å². The van der Waals surface area contributed by atoms with Crippen LogP contribution in [0.25, 0.3) is 0 Å². The number of aromatic nitrogens is 2. The monoisotopic (exact) mass is 320 g/mol. The Bertz CT molecular complexity index is 479. The van der Waals surface area contributed by atoms with E-state index in [1.54, 1.807) is 0 Å². The second-order valence-corrected chi connectivity index (χ2v) is 7.62. The van der Waals surface area contributed by atoms with E-state index in [0.29, 0.717) is 24.6 Å². The maximum absolute atomic E-state index is 9.30. The molecular formula is C18H32N4O. The van der Waals surface area contributed by atoms with E-state index < -0.39 is 0 Å². The van der Waals surface area contributed by atoms with Crippen molar-refractivity contribution < 1.29 is 5.11 Å². The van der Waals surface area contributed by atoms with Gasteiger partial charge in [-0.3, -0.25) is 14.5 Å². The molecule has 2 aliphatic heterocycles. The summed E-state index contributed by atoms with van der Waals surface area (Å²) in [6, 6.07) is 1.13. The third-order valence-corrected chi connectivity index (χ3v) is 5.49. The van der Waals surface area contributed by atoms with E-state index >= 15 is 0 Å². The number of rotatable bonds is 5. The van der Waals surface area contributed by atoms with E-state index in [0.717, 1.165) is 32.5 Å². The van der Waals surface area contributed by atoms with Gasteiger partial charge in [0, 0.05) is 43.5 Å². The van der Waals surface area contributed by atoms with Crippen LogP contribution in [0.1, 0.15) is 51.1 Å². The number of likely N-dealkylation sites (tertiary alicyclic amines) is 2. The summed E-state index contributed by atoms with van der Waals surface area (Å²) in [5.41, 5.74) is 1.33. The SMILES string of the molecule is CC(C)n1cc(CN2CCCC(N3CCC(CO)CC3)C2)cn1. The number of aliphatic hydroxyl groups is 1. The molecular weight excluding hydrogens is 288 g/mol. The van der Waals surface area contributed by atoms with Crippen LogP contribution in [-0.4, -0.2) is 63.5 Å². The van der Waals surface area contributed by atoms with Crippen LogP contribution < -0.4 is 0 Å².